The fourth-order valence-electron chi connectivity index (χ4n) is 1.61. The molecule has 0 atom stereocenters. The van der Waals surface area contributed by atoms with Gasteiger partial charge in [0, 0.05) is 11.4 Å². The molecule has 0 aliphatic heterocycles. The first-order valence-corrected chi connectivity index (χ1v) is 5.30. The van der Waals surface area contributed by atoms with E-state index in [1.807, 2.05) is 13.8 Å². The van der Waals surface area contributed by atoms with Crippen molar-refractivity contribution in [2.75, 3.05) is 0 Å². The van der Waals surface area contributed by atoms with Crippen LogP contribution in [0.2, 0.25) is 5.15 Å². The number of hydrogen-bond acceptors (Lipinski definition) is 2. The lowest BCUT2D eigenvalue weighted by molar-refractivity contribution is 0.0699. The van der Waals surface area contributed by atoms with Crippen LogP contribution < -0.4 is 0 Å². The lowest BCUT2D eigenvalue weighted by atomic mass is 10.1. The highest BCUT2D eigenvalue weighted by molar-refractivity contribution is 6.34. The van der Waals surface area contributed by atoms with E-state index in [-0.39, 0.29) is 11.6 Å². The second kappa shape index (κ2) is 3.79. The number of halogens is 1. The van der Waals surface area contributed by atoms with Crippen LogP contribution in [-0.4, -0.2) is 20.9 Å². The normalized spacial score (nSPS) is 11.2. The minimum Gasteiger partial charge on any atom is -0.478 e. The Labute approximate surface area is 97.4 Å². The van der Waals surface area contributed by atoms with Gasteiger partial charge < -0.3 is 5.11 Å². The van der Waals surface area contributed by atoms with Crippen molar-refractivity contribution in [1.29, 1.82) is 0 Å². The molecular formula is C11H11ClN2O2. The van der Waals surface area contributed by atoms with Crippen molar-refractivity contribution in [2.45, 2.75) is 19.9 Å². The Morgan fingerprint density at radius 1 is 1.50 bits per heavy atom. The fourth-order valence-corrected chi connectivity index (χ4v) is 1.99. The monoisotopic (exact) mass is 238 g/mol. The van der Waals surface area contributed by atoms with E-state index in [1.165, 1.54) is 6.07 Å². The summed E-state index contributed by atoms with van der Waals surface area (Å²) in [6.45, 7) is 3.89. The zero-order valence-electron chi connectivity index (χ0n) is 8.94. The molecule has 0 aliphatic carbocycles. The molecule has 1 aromatic heterocycles. The van der Waals surface area contributed by atoms with Gasteiger partial charge in [-0.15, -0.1) is 0 Å². The number of fused-ring (bicyclic) bond motifs is 1. The molecule has 0 amide bonds. The number of aromatic nitrogens is 2. The predicted molar refractivity (Wildman–Crippen MR) is 62.1 cm³/mol. The summed E-state index contributed by atoms with van der Waals surface area (Å²) < 4.78 is 1.62. The molecule has 0 bridgehead atoms. The highest BCUT2D eigenvalue weighted by Gasteiger charge is 2.16. The number of rotatable bonds is 2. The van der Waals surface area contributed by atoms with Crippen LogP contribution in [0.25, 0.3) is 10.9 Å². The van der Waals surface area contributed by atoms with Crippen LogP contribution in [0.3, 0.4) is 0 Å². The zero-order chi connectivity index (χ0) is 11.9. The third-order valence-electron chi connectivity index (χ3n) is 2.39. The third-order valence-corrected chi connectivity index (χ3v) is 2.76. The molecule has 0 spiro atoms. The molecule has 0 fully saturated rings. The van der Waals surface area contributed by atoms with Crippen LogP contribution in [0.5, 0.6) is 0 Å². The molecule has 0 radical (unpaired) electrons. The van der Waals surface area contributed by atoms with Crippen LogP contribution in [0.15, 0.2) is 18.2 Å². The second-order valence-corrected chi connectivity index (χ2v) is 4.19. The number of nitrogens with zero attached hydrogens (tertiary/aromatic N) is 2. The summed E-state index contributed by atoms with van der Waals surface area (Å²) in [6, 6.07) is 5.07. The summed E-state index contributed by atoms with van der Waals surface area (Å²) in [5.74, 6) is -0.990. The Morgan fingerprint density at radius 2 is 2.19 bits per heavy atom. The average molecular weight is 239 g/mol. The number of hydrogen-bond donors (Lipinski definition) is 1. The van der Waals surface area contributed by atoms with E-state index in [0.29, 0.717) is 16.1 Å². The van der Waals surface area contributed by atoms with Gasteiger partial charge in [-0.1, -0.05) is 17.7 Å². The van der Waals surface area contributed by atoms with Gasteiger partial charge in [-0.05, 0) is 26.0 Å². The van der Waals surface area contributed by atoms with E-state index in [1.54, 1.807) is 16.8 Å². The van der Waals surface area contributed by atoms with Crippen molar-refractivity contribution in [3.8, 4) is 0 Å². The summed E-state index contributed by atoms with van der Waals surface area (Å²) in [5, 5.41) is 14.4. The molecule has 2 rings (SSSR count). The Balaban J connectivity index is 2.80. The topological polar surface area (TPSA) is 55.1 Å². The molecule has 1 heterocycles. The summed E-state index contributed by atoms with van der Waals surface area (Å²) in [7, 11) is 0. The number of aromatic carboxylic acids is 1. The van der Waals surface area contributed by atoms with Crippen LogP contribution in [0, 0.1) is 0 Å². The smallest absolute Gasteiger partial charge is 0.337 e. The SMILES string of the molecule is CC(C)n1nc2c(C(=O)O)cccc2c1Cl. The Hall–Kier alpha value is -1.55. The van der Waals surface area contributed by atoms with E-state index in [2.05, 4.69) is 5.10 Å². The van der Waals surface area contributed by atoms with Gasteiger partial charge in [0.05, 0.1) is 5.56 Å². The van der Waals surface area contributed by atoms with Gasteiger partial charge >= 0.3 is 5.97 Å². The van der Waals surface area contributed by atoms with Gasteiger partial charge in [-0.2, -0.15) is 5.10 Å². The quantitative estimate of drug-likeness (QED) is 0.875. The average Bonchev–Trinajstić information content (AvgIpc) is 2.56. The first-order chi connectivity index (χ1) is 7.52. The van der Waals surface area contributed by atoms with E-state index in [4.69, 9.17) is 16.7 Å². The van der Waals surface area contributed by atoms with Crippen LogP contribution in [0.1, 0.15) is 30.2 Å². The maximum atomic E-state index is 11.0. The number of benzene rings is 1. The molecule has 2 aromatic rings. The van der Waals surface area contributed by atoms with E-state index in [9.17, 15) is 4.79 Å². The van der Waals surface area contributed by atoms with Gasteiger partial charge in [0.2, 0.25) is 0 Å². The van der Waals surface area contributed by atoms with E-state index >= 15 is 0 Å². The molecule has 0 unspecified atom stereocenters. The van der Waals surface area contributed by atoms with Crippen LogP contribution in [0.4, 0.5) is 0 Å². The van der Waals surface area contributed by atoms with Gasteiger partial charge in [-0.3, -0.25) is 4.68 Å². The van der Waals surface area contributed by atoms with Crippen molar-refractivity contribution >= 4 is 28.5 Å². The lowest BCUT2D eigenvalue weighted by Gasteiger charge is -2.05. The molecule has 5 heteroatoms. The molecule has 4 nitrogen and oxygen atoms in total. The molecule has 0 saturated carbocycles. The van der Waals surface area contributed by atoms with Crippen LogP contribution in [-0.2, 0) is 0 Å². The minimum atomic E-state index is -0.990. The van der Waals surface area contributed by atoms with Gasteiger partial charge in [0.25, 0.3) is 0 Å². The lowest BCUT2D eigenvalue weighted by Crippen LogP contribution is -2.03. The molecule has 84 valence electrons. The van der Waals surface area contributed by atoms with Gasteiger partial charge in [0.1, 0.15) is 10.7 Å². The highest BCUT2D eigenvalue weighted by atomic mass is 35.5. The summed E-state index contributed by atoms with van der Waals surface area (Å²) in [4.78, 5) is 11.0. The third kappa shape index (κ3) is 1.55. The van der Waals surface area contributed by atoms with Crippen molar-refractivity contribution in [2.24, 2.45) is 0 Å². The molecule has 16 heavy (non-hydrogen) atoms. The van der Waals surface area contributed by atoms with Crippen molar-refractivity contribution in [3.05, 3.63) is 28.9 Å². The van der Waals surface area contributed by atoms with Crippen molar-refractivity contribution in [1.82, 2.24) is 9.78 Å². The Kier molecular flexibility index (Phi) is 2.59. The predicted octanol–water partition coefficient (Wildman–Crippen LogP) is 2.97. The fraction of sp³-hybridized carbons (Fsp3) is 0.273. The molecule has 1 aromatic carbocycles. The summed E-state index contributed by atoms with van der Waals surface area (Å²) in [6.07, 6.45) is 0. The number of carboxylic acids is 1. The Morgan fingerprint density at radius 3 is 2.75 bits per heavy atom. The molecule has 0 aliphatic rings. The van der Waals surface area contributed by atoms with Crippen molar-refractivity contribution in [3.63, 3.8) is 0 Å². The molecule has 1 N–H and O–H groups in total. The summed E-state index contributed by atoms with van der Waals surface area (Å²) in [5.41, 5.74) is 0.618. The standard InChI is InChI=1S/C11H11ClN2O2/c1-6(2)14-10(12)7-4-3-5-8(11(15)16)9(7)13-14/h3-6H,1-2H3,(H,15,16). The first kappa shape index (κ1) is 11.0. The Bertz CT molecular complexity index is 560. The molecule has 0 saturated heterocycles. The zero-order valence-corrected chi connectivity index (χ0v) is 9.69. The van der Waals surface area contributed by atoms with E-state index < -0.39 is 5.97 Å². The number of carbonyl (C=O) groups is 1. The summed E-state index contributed by atoms with van der Waals surface area (Å²) >= 11 is 6.14. The number of carboxylic acid groups (broad SMARTS) is 1. The maximum absolute atomic E-state index is 11.0. The first-order valence-electron chi connectivity index (χ1n) is 4.92. The second-order valence-electron chi connectivity index (χ2n) is 3.84. The van der Waals surface area contributed by atoms with E-state index in [0.717, 1.165) is 0 Å². The minimum absolute atomic E-state index is 0.0987. The van der Waals surface area contributed by atoms with Crippen molar-refractivity contribution < 1.29 is 9.90 Å². The maximum Gasteiger partial charge on any atom is 0.337 e. The highest BCUT2D eigenvalue weighted by Crippen LogP contribution is 2.28. The van der Waals surface area contributed by atoms with Gasteiger partial charge in [-0.25, -0.2) is 4.79 Å². The largest absolute Gasteiger partial charge is 0.478 e. The van der Waals surface area contributed by atoms with Crippen LogP contribution >= 0.6 is 11.6 Å². The van der Waals surface area contributed by atoms with Gasteiger partial charge in [0.15, 0.2) is 0 Å². The molecular weight excluding hydrogens is 228 g/mol.